The van der Waals surface area contributed by atoms with Crippen molar-refractivity contribution < 1.29 is 9.21 Å². The summed E-state index contributed by atoms with van der Waals surface area (Å²) in [5.41, 5.74) is 1.62. The number of nitrogens with zero attached hydrogens (tertiary/aromatic N) is 2. The minimum atomic E-state index is -0.148. The van der Waals surface area contributed by atoms with Crippen LogP contribution in [0.25, 0.3) is 17.0 Å². The van der Waals surface area contributed by atoms with Gasteiger partial charge in [-0.2, -0.15) is 5.10 Å². The molecule has 0 bridgehead atoms. The minimum absolute atomic E-state index is 0.148. The van der Waals surface area contributed by atoms with Gasteiger partial charge >= 0.3 is 0 Å². The van der Waals surface area contributed by atoms with Crippen LogP contribution in [-0.4, -0.2) is 15.6 Å². The number of carbonyl (C=O) groups is 1. The highest BCUT2D eigenvalue weighted by atomic mass is 16.3. The Labute approximate surface area is 116 Å². The molecule has 0 N–H and O–H groups in total. The minimum Gasteiger partial charge on any atom is -0.453 e. The SMILES string of the molecule is CCn1cc(C=CC(=O)c2cc3ccccc3o2)cn1. The van der Waals surface area contributed by atoms with Crippen LogP contribution in [0.3, 0.4) is 0 Å². The lowest BCUT2D eigenvalue weighted by atomic mass is 10.2. The molecule has 0 atom stereocenters. The average molecular weight is 266 g/mol. The highest BCUT2D eigenvalue weighted by Crippen LogP contribution is 2.19. The third kappa shape index (κ3) is 2.40. The highest BCUT2D eigenvalue weighted by Gasteiger charge is 2.08. The van der Waals surface area contributed by atoms with E-state index in [-0.39, 0.29) is 5.78 Å². The lowest BCUT2D eigenvalue weighted by molar-refractivity contribution is 0.102. The van der Waals surface area contributed by atoms with Crippen molar-refractivity contribution in [1.29, 1.82) is 0 Å². The van der Waals surface area contributed by atoms with Crippen LogP contribution < -0.4 is 0 Å². The van der Waals surface area contributed by atoms with E-state index in [2.05, 4.69) is 5.10 Å². The van der Waals surface area contributed by atoms with E-state index in [1.54, 1.807) is 18.3 Å². The first-order valence-corrected chi connectivity index (χ1v) is 6.49. The second kappa shape index (κ2) is 5.17. The lowest BCUT2D eigenvalue weighted by Gasteiger charge is -1.89. The van der Waals surface area contributed by atoms with Crippen LogP contribution in [0.15, 0.2) is 53.2 Å². The molecular weight excluding hydrogens is 252 g/mol. The van der Waals surface area contributed by atoms with Gasteiger partial charge in [0.15, 0.2) is 5.76 Å². The van der Waals surface area contributed by atoms with Crippen LogP contribution in [0.2, 0.25) is 0 Å². The fourth-order valence-corrected chi connectivity index (χ4v) is 2.00. The molecule has 4 heteroatoms. The van der Waals surface area contributed by atoms with Gasteiger partial charge in [0.2, 0.25) is 5.78 Å². The van der Waals surface area contributed by atoms with Crippen molar-refractivity contribution in [1.82, 2.24) is 9.78 Å². The number of hydrogen-bond donors (Lipinski definition) is 0. The van der Waals surface area contributed by atoms with Gasteiger partial charge in [0.1, 0.15) is 5.58 Å². The molecule has 0 saturated heterocycles. The van der Waals surface area contributed by atoms with E-state index in [0.29, 0.717) is 5.76 Å². The first-order valence-electron chi connectivity index (χ1n) is 6.49. The summed E-state index contributed by atoms with van der Waals surface area (Å²) in [4.78, 5) is 12.1. The molecule has 0 unspecified atom stereocenters. The summed E-state index contributed by atoms with van der Waals surface area (Å²) in [6.45, 7) is 2.82. The normalized spacial score (nSPS) is 11.4. The topological polar surface area (TPSA) is 48.0 Å². The molecule has 0 saturated carbocycles. The van der Waals surface area contributed by atoms with E-state index >= 15 is 0 Å². The first kappa shape index (κ1) is 12.4. The summed E-state index contributed by atoms with van der Waals surface area (Å²) in [7, 11) is 0. The zero-order chi connectivity index (χ0) is 13.9. The third-order valence-corrected chi connectivity index (χ3v) is 3.07. The van der Waals surface area contributed by atoms with Gasteiger partial charge < -0.3 is 4.42 Å². The highest BCUT2D eigenvalue weighted by molar-refractivity contribution is 6.06. The van der Waals surface area contributed by atoms with E-state index in [9.17, 15) is 4.79 Å². The molecule has 100 valence electrons. The average Bonchev–Trinajstić information content (AvgIpc) is 3.10. The zero-order valence-corrected chi connectivity index (χ0v) is 11.1. The van der Waals surface area contributed by atoms with Crippen molar-refractivity contribution >= 4 is 22.8 Å². The number of carbonyl (C=O) groups excluding carboxylic acids is 1. The summed E-state index contributed by atoms with van der Waals surface area (Å²) in [6, 6.07) is 9.33. The van der Waals surface area contributed by atoms with E-state index in [1.165, 1.54) is 6.08 Å². The molecule has 2 heterocycles. The Hall–Kier alpha value is -2.62. The number of ketones is 1. The molecule has 4 nitrogen and oxygen atoms in total. The molecule has 0 aliphatic rings. The van der Waals surface area contributed by atoms with Gasteiger partial charge in [0, 0.05) is 23.7 Å². The van der Waals surface area contributed by atoms with Crippen molar-refractivity contribution in [3.63, 3.8) is 0 Å². The Kier molecular flexibility index (Phi) is 3.21. The number of aromatic nitrogens is 2. The van der Waals surface area contributed by atoms with Gasteiger partial charge in [-0.1, -0.05) is 18.2 Å². The molecule has 3 rings (SSSR count). The van der Waals surface area contributed by atoms with Gasteiger partial charge in [-0.3, -0.25) is 9.48 Å². The van der Waals surface area contributed by atoms with Crippen LogP contribution in [-0.2, 0) is 6.54 Å². The second-order valence-corrected chi connectivity index (χ2v) is 4.48. The summed E-state index contributed by atoms with van der Waals surface area (Å²) < 4.78 is 7.33. The smallest absolute Gasteiger partial charge is 0.221 e. The Bertz CT molecular complexity index is 747. The number of para-hydroxylation sites is 1. The molecule has 0 aliphatic carbocycles. The van der Waals surface area contributed by atoms with Gasteiger partial charge in [0.05, 0.1) is 6.20 Å². The van der Waals surface area contributed by atoms with E-state index in [0.717, 1.165) is 23.1 Å². The van der Waals surface area contributed by atoms with Crippen molar-refractivity contribution in [3.05, 3.63) is 60.1 Å². The number of hydrogen-bond acceptors (Lipinski definition) is 3. The molecule has 0 amide bonds. The number of rotatable bonds is 4. The monoisotopic (exact) mass is 266 g/mol. The maximum atomic E-state index is 12.1. The summed E-state index contributed by atoms with van der Waals surface area (Å²) in [5.74, 6) is 0.204. The lowest BCUT2D eigenvalue weighted by Crippen LogP contribution is -1.92. The Morgan fingerprint density at radius 1 is 1.40 bits per heavy atom. The number of aryl methyl sites for hydroxylation is 1. The van der Waals surface area contributed by atoms with Crippen molar-refractivity contribution in [2.24, 2.45) is 0 Å². The quantitative estimate of drug-likeness (QED) is 0.536. The number of fused-ring (bicyclic) bond motifs is 1. The van der Waals surface area contributed by atoms with Gasteiger partial charge in [0.25, 0.3) is 0 Å². The maximum absolute atomic E-state index is 12.1. The standard InChI is InChI=1S/C16H14N2O2/c1-2-18-11-12(10-17-18)7-8-14(19)16-9-13-5-3-4-6-15(13)20-16/h3-11H,2H2,1H3. The molecule has 2 aromatic heterocycles. The maximum Gasteiger partial charge on any atom is 0.221 e. The molecule has 20 heavy (non-hydrogen) atoms. The van der Waals surface area contributed by atoms with E-state index in [4.69, 9.17) is 4.42 Å². The van der Waals surface area contributed by atoms with E-state index < -0.39 is 0 Å². The predicted molar refractivity (Wildman–Crippen MR) is 77.5 cm³/mol. The van der Waals surface area contributed by atoms with Crippen molar-refractivity contribution in [2.75, 3.05) is 0 Å². The fraction of sp³-hybridized carbons (Fsp3) is 0.125. The largest absolute Gasteiger partial charge is 0.453 e. The molecule has 0 aliphatic heterocycles. The molecular formula is C16H14N2O2. The van der Waals surface area contributed by atoms with Gasteiger partial charge in [-0.25, -0.2) is 0 Å². The van der Waals surface area contributed by atoms with Crippen LogP contribution in [0.1, 0.15) is 23.0 Å². The van der Waals surface area contributed by atoms with Crippen LogP contribution in [0.5, 0.6) is 0 Å². The summed E-state index contributed by atoms with van der Waals surface area (Å²) >= 11 is 0. The Morgan fingerprint density at radius 2 is 2.25 bits per heavy atom. The number of allylic oxidation sites excluding steroid dienone is 1. The van der Waals surface area contributed by atoms with Crippen molar-refractivity contribution in [3.8, 4) is 0 Å². The van der Waals surface area contributed by atoms with Gasteiger partial charge in [-0.05, 0) is 31.2 Å². The Morgan fingerprint density at radius 3 is 3.00 bits per heavy atom. The van der Waals surface area contributed by atoms with Crippen molar-refractivity contribution in [2.45, 2.75) is 13.5 Å². The fourth-order valence-electron chi connectivity index (χ4n) is 2.00. The summed E-state index contributed by atoms with van der Waals surface area (Å²) in [6.07, 6.45) is 6.87. The third-order valence-electron chi connectivity index (χ3n) is 3.07. The second-order valence-electron chi connectivity index (χ2n) is 4.48. The van der Waals surface area contributed by atoms with E-state index in [1.807, 2.05) is 42.1 Å². The van der Waals surface area contributed by atoms with Crippen LogP contribution >= 0.6 is 0 Å². The zero-order valence-electron chi connectivity index (χ0n) is 11.1. The first-order chi connectivity index (χ1) is 9.76. The molecule has 0 fully saturated rings. The van der Waals surface area contributed by atoms with Crippen LogP contribution in [0, 0.1) is 0 Å². The number of benzene rings is 1. The van der Waals surface area contributed by atoms with Crippen LogP contribution in [0.4, 0.5) is 0 Å². The molecule has 0 radical (unpaired) electrons. The molecule has 3 aromatic rings. The predicted octanol–water partition coefficient (Wildman–Crippen LogP) is 3.55. The molecule has 1 aromatic carbocycles. The Balaban J connectivity index is 1.81. The summed E-state index contributed by atoms with van der Waals surface area (Å²) in [5, 5.41) is 5.08. The molecule has 0 spiro atoms. The van der Waals surface area contributed by atoms with Gasteiger partial charge in [-0.15, -0.1) is 0 Å². The number of furan rings is 1.